The Morgan fingerprint density at radius 3 is 2.79 bits per heavy atom. The molecule has 1 N–H and O–H groups in total. The first kappa shape index (κ1) is 13.4. The van der Waals surface area contributed by atoms with Crippen LogP contribution in [-0.2, 0) is 11.8 Å². The summed E-state index contributed by atoms with van der Waals surface area (Å²) in [7, 11) is 3.24. The van der Waals surface area contributed by atoms with Crippen LogP contribution < -0.4 is 5.76 Å². The van der Waals surface area contributed by atoms with E-state index in [0.717, 1.165) is 5.56 Å². The van der Waals surface area contributed by atoms with Crippen molar-refractivity contribution >= 4 is 17.0 Å². The van der Waals surface area contributed by atoms with Gasteiger partial charge in [0.2, 0.25) is 5.91 Å². The molecule has 1 atom stereocenters. The number of hydrogen-bond donors (Lipinski definition) is 1. The Morgan fingerprint density at radius 2 is 2.21 bits per heavy atom. The molecule has 2 aromatic rings. The molecule has 0 saturated carbocycles. The Hall–Kier alpha value is -2.08. The topological polar surface area (TPSA) is 75.7 Å². The molecule has 1 unspecified atom stereocenters. The summed E-state index contributed by atoms with van der Waals surface area (Å²) in [6.07, 6.45) is 0. The summed E-state index contributed by atoms with van der Waals surface area (Å²) in [4.78, 5) is 24.2. The molecule has 2 rings (SSSR count). The van der Waals surface area contributed by atoms with Crippen molar-refractivity contribution in [2.45, 2.75) is 13.0 Å². The lowest BCUT2D eigenvalue weighted by Gasteiger charge is -2.25. The van der Waals surface area contributed by atoms with Gasteiger partial charge in [0.25, 0.3) is 0 Å². The molecule has 1 amide bonds. The van der Waals surface area contributed by atoms with Crippen LogP contribution in [0.2, 0.25) is 0 Å². The van der Waals surface area contributed by atoms with Gasteiger partial charge >= 0.3 is 5.76 Å². The predicted octanol–water partition coefficient (Wildman–Crippen LogP) is 0.643. The highest BCUT2D eigenvalue weighted by Gasteiger charge is 2.19. The average Bonchev–Trinajstić information content (AvgIpc) is 2.65. The van der Waals surface area contributed by atoms with Gasteiger partial charge in [0.15, 0.2) is 5.58 Å². The minimum Gasteiger partial charge on any atom is -0.408 e. The monoisotopic (exact) mass is 264 g/mol. The Kier molecular flexibility index (Phi) is 3.44. The van der Waals surface area contributed by atoms with Crippen LogP contribution in [0, 0.1) is 0 Å². The number of carbonyl (C=O) groups excluding carboxylic acids is 1. The van der Waals surface area contributed by atoms with Crippen molar-refractivity contribution in [2.24, 2.45) is 7.05 Å². The van der Waals surface area contributed by atoms with E-state index in [4.69, 9.17) is 4.42 Å². The van der Waals surface area contributed by atoms with Crippen LogP contribution in [0.25, 0.3) is 11.1 Å². The number of nitrogens with zero attached hydrogens (tertiary/aromatic N) is 2. The van der Waals surface area contributed by atoms with Crippen LogP contribution in [0.4, 0.5) is 0 Å². The molecule has 0 fully saturated rings. The average molecular weight is 264 g/mol. The van der Waals surface area contributed by atoms with Gasteiger partial charge in [-0.15, -0.1) is 0 Å². The molecule has 1 aromatic carbocycles. The van der Waals surface area contributed by atoms with Gasteiger partial charge in [0, 0.05) is 21.0 Å². The van der Waals surface area contributed by atoms with E-state index >= 15 is 0 Å². The molecule has 0 bridgehead atoms. The Balaban J connectivity index is 2.50. The molecule has 6 nitrogen and oxygen atoms in total. The quantitative estimate of drug-likeness (QED) is 0.882. The molecule has 6 heteroatoms. The van der Waals surface area contributed by atoms with E-state index in [1.807, 2.05) is 0 Å². The van der Waals surface area contributed by atoms with Crippen LogP contribution in [0.1, 0.15) is 18.5 Å². The first-order valence-electron chi connectivity index (χ1n) is 5.89. The van der Waals surface area contributed by atoms with Crippen molar-refractivity contribution in [3.05, 3.63) is 34.3 Å². The van der Waals surface area contributed by atoms with Crippen molar-refractivity contribution in [3.63, 3.8) is 0 Å². The van der Waals surface area contributed by atoms with E-state index in [2.05, 4.69) is 0 Å². The van der Waals surface area contributed by atoms with Crippen LogP contribution in [0.3, 0.4) is 0 Å². The van der Waals surface area contributed by atoms with E-state index in [-0.39, 0.29) is 12.5 Å². The van der Waals surface area contributed by atoms with Gasteiger partial charge in [0.05, 0.1) is 18.2 Å². The number of carbonyl (C=O) groups is 1. The summed E-state index contributed by atoms with van der Waals surface area (Å²) in [6, 6.07) is 4.74. The van der Waals surface area contributed by atoms with Crippen LogP contribution in [0.5, 0.6) is 0 Å². The van der Waals surface area contributed by atoms with Crippen LogP contribution in [-0.4, -0.2) is 34.1 Å². The maximum Gasteiger partial charge on any atom is 0.419 e. The second-order valence-corrected chi connectivity index (χ2v) is 4.48. The van der Waals surface area contributed by atoms with Crippen molar-refractivity contribution in [3.8, 4) is 0 Å². The molecule has 0 aliphatic heterocycles. The van der Waals surface area contributed by atoms with Gasteiger partial charge in [0.1, 0.15) is 0 Å². The van der Waals surface area contributed by atoms with Crippen molar-refractivity contribution in [1.82, 2.24) is 9.47 Å². The van der Waals surface area contributed by atoms with Gasteiger partial charge in [-0.2, -0.15) is 0 Å². The largest absolute Gasteiger partial charge is 0.419 e. The van der Waals surface area contributed by atoms with E-state index in [9.17, 15) is 14.7 Å². The minimum atomic E-state index is -0.451. The van der Waals surface area contributed by atoms with E-state index in [1.165, 1.54) is 16.4 Å². The number of oxazole rings is 1. The third-order valence-corrected chi connectivity index (χ3v) is 3.34. The molecule has 0 aliphatic carbocycles. The zero-order valence-corrected chi connectivity index (χ0v) is 11.1. The van der Waals surface area contributed by atoms with Gasteiger partial charge < -0.3 is 14.4 Å². The minimum absolute atomic E-state index is 0.145. The number of rotatable bonds is 3. The number of aromatic nitrogens is 1. The fourth-order valence-corrected chi connectivity index (χ4v) is 2.03. The molecule has 0 spiro atoms. The second kappa shape index (κ2) is 4.89. The van der Waals surface area contributed by atoms with Crippen molar-refractivity contribution in [1.29, 1.82) is 0 Å². The highest BCUT2D eigenvalue weighted by molar-refractivity contribution is 5.75. The number of aryl methyl sites for hydroxylation is 1. The number of fused-ring (bicyclic) bond motifs is 1. The number of hydrogen-bond acceptors (Lipinski definition) is 4. The fourth-order valence-electron chi connectivity index (χ4n) is 2.03. The van der Waals surface area contributed by atoms with E-state index in [0.29, 0.717) is 11.1 Å². The summed E-state index contributed by atoms with van der Waals surface area (Å²) < 4.78 is 6.50. The molecule has 1 aromatic heterocycles. The van der Waals surface area contributed by atoms with Crippen molar-refractivity contribution < 1.29 is 14.3 Å². The summed E-state index contributed by atoms with van der Waals surface area (Å²) in [6.45, 7) is 1.24. The van der Waals surface area contributed by atoms with E-state index < -0.39 is 11.8 Å². The number of aliphatic hydroxyl groups excluding tert-OH is 1. The maximum atomic E-state index is 11.4. The fraction of sp³-hybridized carbons (Fsp3) is 0.385. The highest BCUT2D eigenvalue weighted by atomic mass is 16.4. The molecule has 1 heterocycles. The molecule has 0 aliphatic rings. The van der Waals surface area contributed by atoms with Gasteiger partial charge in [-0.1, -0.05) is 6.07 Å². The smallest absolute Gasteiger partial charge is 0.408 e. The summed E-state index contributed by atoms with van der Waals surface area (Å²) in [5, 5.41) is 9.44. The predicted molar refractivity (Wildman–Crippen MR) is 69.7 cm³/mol. The second-order valence-electron chi connectivity index (χ2n) is 4.48. The normalized spacial score (nSPS) is 12.6. The SMILES string of the molecule is CC(=O)N(C)C(CO)c1ccc2c(c1)oc(=O)n2C. The van der Waals surface area contributed by atoms with Crippen LogP contribution in [0.15, 0.2) is 27.4 Å². The zero-order chi connectivity index (χ0) is 14.2. The first-order chi connectivity index (χ1) is 8.95. The molecular formula is C13H16N2O4. The van der Waals surface area contributed by atoms with Crippen molar-refractivity contribution in [2.75, 3.05) is 13.7 Å². The Bertz CT molecular complexity index is 671. The highest BCUT2D eigenvalue weighted by Crippen LogP contribution is 2.23. The molecular weight excluding hydrogens is 248 g/mol. The molecule has 0 saturated heterocycles. The number of aliphatic hydroxyl groups is 1. The van der Waals surface area contributed by atoms with E-state index in [1.54, 1.807) is 32.3 Å². The third kappa shape index (κ3) is 2.26. The lowest BCUT2D eigenvalue weighted by molar-refractivity contribution is -0.130. The Morgan fingerprint density at radius 1 is 1.53 bits per heavy atom. The molecule has 0 radical (unpaired) electrons. The maximum absolute atomic E-state index is 11.4. The number of amides is 1. The molecule has 19 heavy (non-hydrogen) atoms. The zero-order valence-electron chi connectivity index (χ0n) is 11.1. The summed E-state index contributed by atoms with van der Waals surface area (Å²) >= 11 is 0. The first-order valence-corrected chi connectivity index (χ1v) is 5.89. The Labute approximate surface area is 109 Å². The third-order valence-electron chi connectivity index (χ3n) is 3.34. The molecule has 102 valence electrons. The van der Waals surface area contributed by atoms with Crippen LogP contribution >= 0.6 is 0 Å². The standard InChI is InChI=1S/C13H16N2O4/c1-8(17)14(2)11(7-16)9-4-5-10-12(6-9)19-13(18)15(10)3/h4-6,11,16H,7H2,1-3H3. The lowest BCUT2D eigenvalue weighted by atomic mass is 10.1. The number of benzene rings is 1. The number of likely N-dealkylation sites (N-methyl/N-ethyl adjacent to an activating group) is 1. The summed E-state index contributed by atoms with van der Waals surface area (Å²) in [5.74, 6) is -0.582. The lowest BCUT2D eigenvalue weighted by Crippen LogP contribution is -2.31. The summed E-state index contributed by atoms with van der Waals surface area (Å²) in [5.41, 5.74) is 1.85. The van der Waals surface area contributed by atoms with Gasteiger partial charge in [-0.3, -0.25) is 9.36 Å². The van der Waals surface area contributed by atoms with Gasteiger partial charge in [-0.05, 0) is 17.7 Å². The van der Waals surface area contributed by atoms with Gasteiger partial charge in [-0.25, -0.2) is 4.79 Å².